The molecule has 19 heavy (non-hydrogen) atoms. The number of hydrogen-bond acceptors (Lipinski definition) is 3. The van der Waals surface area contributed by atoms with Crippen LogP contribution in [0.4, 0.5) is 0 Å². The minimum atomic E-state index is -0.717. The Morgan fingerprint density at radius 2 is 2.05 bits per heavy atom. The van der Waals surface area contributed by atoms with E-state index < -0.39 is 5.60 Å². The molecule has 1 aromatic rings. The first-order chi connectivity index (χ1) is 8.99. The lowest BCUT2D eigenvalue weighted by atomic mass is 9.84. The van der Waals surface area contributed by atoms with Gasteiger partial charge in [0.05, 0.1) is 17.8 Å². The monoisotopic (exact) mass is 278 g/mol. The number of aliphatic hydroxyl groups is 1. The molecule has 1 aliphatic heterocycles. The second-order valence-electron chi connectivity index (χ2n) is 5.74. The first-order valence-corrected chi connectivity index (χ1v) is 7.74. The molecular formula is C16H22O2S. The Labute approximate surface area is 119 Å². The summed E-state index contributed by atoms with van der Waals surface area (Å²) in [6.45, 7) is 4.68. The van der Waals surface area contributed by atoms with E-state index in [0.29, 0.717) is 19.4 Å². The second kappa shape index (κ2) is 6.12. The van der Waals surface area contributed by atoms with Gasteiger partial charge < -0.3 is 9.84 Å². The van der Waals surface area contributed by atoms with Crippen LogP contribution in [0.15, 0.2) is 41.8 Å². The van der Waals surface area contributed by atoms with E-state index in [1.807, 2.05) is 43.5 Å². The highest BCUT2D eigenvalue weighted by Gasteiger charge is 2.37. The smallest absolute Gasteiger partial charge is 0.0884 e. The Balaban J connectivity index is 1.85. The summed E-state index contributed by atoms with van der Waals surface area (Å²) in [7, 11) is 0. The van der Waals surface area contributed by atoms with Gasteiger partial charge in [0.1, 0.15) is 0 Å². The molecule has 0 saturated carbocycles. The molecule has 0 bridgehead atoms. The first-order valence-electron chi connectivity index (χ1n) is 6.69. The second-order valence-corrected chi connectivity index (χ2v) is 6.63. The normalized spacial score (nSPS) is 26.7. The molecule has 0 amide bonds. The van der Waals surface area contributed by atoms with Crippen molar-refractivity contribution in [1.82, 2.24) is 0 Å². The summed E-state index contributed by atoms with van der Waals surface area (Å²) >= 11 is 1.72. The van der Waals surface area contributed by atoms with Crippen molar-refractivity contribution in [3.8, 4) is 0 Å². The number of ether oxygens (including phenoxy) is 1. The van der Waals surface area contributed by atoms with Crippen molar-refractivity contribution in [1.29, 1.82) is 0 Å². The van der Waals surface area contributed by atoms with Crippen LogP contribution in [0.5, 0.6) is 0 Å². The number of hydrogen-bond donors (Lipinski definition) is 1. The average Bonchev–Trinajstić information content (AvgIpc) is 2.34. The maximum Gasteiger partial charge on any atom is 0.0884 e. The van der Waals surface area contributed by atoms with E-state index in [1.54, 1.807) is 11.8 Å². The molecule has 1 heterocycles. The van der Waals surface area contributed by atoms with Crippen LogP contribution in [0.2, 0.25) is 0 Å². The number of rotatable bonds is 4. The molecule has 2 nitrogen and oxygen atoms in total. The van der Waals surface area contributed by atoms with Crippen molar-refractivity contribution in [2.75, 3.05) is 6.61 Å². The van der Waals surface area contributed by atoms with Crippen molar-refractivity contribution in [3.63, 3.8) is 0 Å². The van der Waals surface area contributed by atoms with Crippen LogP contribution in [-0.4, -0.2) is 22.9 Å². The summed E-state index contributed by atoms with van der Waals surface area (Å²) in [5, 5.41) is 12.5. The Morgan fingerprint density at radius 1 is 1.32 bits per heavy atom. The molecule has 1 N–H and O–H groups in total. The lowest BCUT2D eigenvalue weighted by molar-refractivity contribution is -0.124. The van der Waals surface area contributed by atoms with Gasteiger partial charge in [-0.3, -0.25) is 0 Å². The Bertz CT molecular complexity index is 428. The van der Waals surface area contributed by atoms with Crippen LogP contribution in [0.1, 0.15) is 32.3 Å². The van der Waals surface area contributed by atoms with Gasteiger partial charge >= 0.3 is 0 Å². The summed E-state index contributed by atoms with van der Waals surface area (Å²) in [4.78, 5) is 0. The zero-order valence-electron chi connectivity index (χ0n) is 11.6. The predicted molar refractivity (Wildman–Crippen MR) is 81.1 cm³/mol. The highest BCUT2D eigenvalue weighted by Crippen LogP contribution is 2.33. The third-order valence-corrected chi connectivity index (χ3v) is 4.16. The van der Waals surface area contributed by atoms with Gasteiger partial charge in [0.2, 0.25) is 0 Å². The van der Waals surface area contributed by atoms with E-state index in [4.69, 9.17) is 4.74 Å². The van der Waals surface area contributed by atoms with Crippen LogP contribution < -0.4 is 0 Å². The topological polar surface area (TPSA) is 29.5 Å². The standard InChI is InChI=1S/C16H22O2S/c1-15(2)13-16(17,8-10-18-15)9-11-19-12-14-6-4-3-5-7-14/h3-7,9,11,17H,8,10,12-13H2,1-2H3. The summed E-state index contributed by atoms with van der Waals surface area (Å²) < 4.78 is 5.64. The molecule has 1 saturated heterocycles. The molecule has 2 rings (SSSR count). The fourth-order valence-electron chi connectivity index (χ4n) is 2.42. The van der Waals surface area contributed by atoms with E-state index in [0.717, 1.165) is 5.75 Å². The summed E-state index contributed by atoms with van der Waals surface area (Å²) in [6, 6.07) is 10.4. The molecule has 3 heteroatoms. The Hall–Kier alpha value is -0.770. The lowest BCUT2D eigenvalue weighted by Gasteiger charge is -2.39. The van der Waals surface area contributed by atoms with E-state index in [9.17, 15) is 5.11 Å². The van der Waals surface area contributed by atoms with Crippen molar-refractivity contribution in [2.24, 2.45) is 0 Å². The van der Waals surface area contributed by atoms with Gasteiger partial charge in [0.15, 0.2) is 0 Å². The first kappa shape index (κ1) is 14.6. The van der Waals surface area contributed by atoms with Crippen molar-refractivity contribution < 1.29 is 9.84 Å². The molecule has 1 fully saturated rings. The predicted octanol–water partition coefficient (Wildman–Crippen LogP) is 3.75. The molecule has 0 radical (unpaired) electrons. The molecular weight excluding hydrogens is 256 g/mol. The Kier molecular flexibility index (Phi) is 4.71. The van der Waals surface area contributed by atoms with Crippen LogP contribution in [0.25, 0.3) is 0 Å². The van der Waals surface area contributed by atoms with Gasteiger partial charge in [-0.1, -0.05) is 30.3 Å². The van der Waals surface area contributed by atoms with Gasteiger partial charge in [-0.2, -0.15) is 0 Å². The maximum atomic E-state index is 10.5. The molecule has 0 aromatic heterocycles. The highest BCUT2D eigenvalue weighted by atomic mass is 32.2. The Morgan fingerprint density at radius 3 is 2.74 bits per heavy atom. The quantitative estimate of drug-likeness (QED) is 0.909. The number of thioether (sulfide) groups is 1. The summed E-state index contributed by atoms with van der Waals surface area (Å²) in [5.41, 5.74) is 0.351. The van der Waals surface area contributed by atoms with Crippen LogP contribution in [0.3, 0.4) is 0 Å². The largest absolute Gasteiger partial charge is 0.386 e. The number of benzene rings is 1. The minimum absolute atomic E-state index is 0.235. The van der Waals surface area contributed by atoms with Gasteiger partial charge in [-0.15, -0.1) is 11.8 Å². The van der Waals surface area contributed by atoms with E-state index in [-0.39, 0.29) is 5.60 Å². The fourth-order valence-corrected chi connectivity index (χ4v) is 3.25. The minimum Gasteiger partial charge on any atom is -0.386 e. The fraction of sp³-hybridized carbons (Fsp3) is 0.500. The molecule has 1 unspecified atom stereocenters. The molecule has 1 aromatic carbocycles. The van der Waals surface area contributed by atoms with E-state index in [1.165, 1.54) is 5.56 Å². The van der Waals surface area contributed by atoms with Gasteiger partial charge in [-0.05, 0) is 30.9 Å². The third kappa shape index (κ3) is 4.68. The van der Waals surface area contributed by atoms with Crippen LogP contribution >= 0.6 is 11.8 Å². The molecule has 1 atom stereocenters. The molecule has 0 spiro atoms. The summed E-state index contributed by atoms with van der Waals surface area (Å²) in [6.07, 6.45) is 3.27. The van der Waals surface area contributed by atoms with Crippen molar-refractivity contribution in [2.45, 2.75) is 43.6 Å². The average molecular weight is 278 g/mol. The molecule has 0 aliphatic carbocycles. The van der Waals surface area contributed by atoms with Crippen LogP contribution in [-0.2, 0) is 10.5 Å². The maximum absolute atomic E-state index is 10.5. The zero-order valence-corrected chi connectivity index (χ0v) is 12.5. The third-order valence-electron chi connectivity index (χ3n) is 3.33. The van der Waals surface area contributed by atoms with Crippen LogP contribution in [0, 0.1) is 0 Å². The van der Waals surface area contributed by atoms with E-state index in [2.05, 4.69) is 12.1 Å². The van der Waals surface area contributed by atoms with Crippen molar-refractivity contribution in [3.05, 3.63) is 47.4 Å². The van der Waals surface area contributed by atoms with E-state index >= 15 is 0 Å². The molecule has 104 valence electrons. The SMILES string of the molecule is CC1(C)CC(O)(C=CSCc2ccccc2)CCO1. The lowest BCUT2D eigenvalue weighted by Crippen LogP contribution is -2.44. The van der Waals surface area contributed by atoms with Gasteiger partial charge in [-0.25, -0.2) is 0 Å². The zero-order chi connectivity index (χ0) is 13.8. The highest BCUT2D eigenvalue weighted by molar-refractivity contribution is 8.01. The van der Waals surface area contributed by atoms with Crippen molar-refractivity contribution >= 4 is 11.8 Å². The molecule has 1 aliphatic rings. The van der Waals surface area contributed by atoms with Gasteiger partial charge in [0.25, 0.3) is 0 Å². The van der Waals surface area contributed by atoms with Gasteiger partial charge in [0, 0.05) is 18.6 Å². The summed E-state index contributed by atoms with van der Waals surface area (Å²) in [5.74, 6) is 0.938.